The van der Waals surface area contributed by atoms with Crippen LogP contribution in [0.5, 0.6) is 11.5 Å². The first-order valence-electron chi connectivity index (χ1n) is 3.84. The molecule has 0 saturated carbocycles. The first kappa shape index (κ1) is 9.38. The largest absolute Gasteiger partial charge is 0.504 e. The van der Waals surface area contributed by atoms with E-state index in [1.54, 1.807) is 6.92 Å². The van der Waals surface area contributed by atoms with Gasteiger partial charge in [-0.2, -0.15) is 0 Å². The summed E-state index contributed by atoms with van der Waals surface area (Å²) in [5.74, 6) is -0.893. The second kappa shape index (κ2) is 3.80. The Kier molecular flexibility index (Phi) is 2.74. The number of phenols is 1. The predicted molar refractivity (Wildman–Crippen MR) is 46.2 cm³/mol. The summed E-state index contributed by atoms with van der Waals surface area (Å²) >= 11 is 0. The van der Waals surface area contributed by atoms with Crippen LogP contribution in [0.2, 0.25) is 0 Å². The van der Waals surface area contributed by atoms with Crippen molar-refractivity contribution < 1.29 is 19.7 Å². The summed E-state index contributed by atoms with van der Waals surface area (Å²) in [6.45, 7) is 2.14. The Balaban J connectivity index is 3.03. The highest BCUT2D eigenvalue weighted by molar-refractivity contribution is 5.88. The maximum atomic E-state index is 10.5. The highest BCUT2D eigenvalue weighted by Crippen LogP contribution is 2.26. The van der Waals surface area contributed by atoms with Gasteiger partial charge in [-0.3, -0.25) is 0 Å². The van der Waals surface area contributed by atoms with Gasteiger partial charge in [-0.15, -0.1) is 0 Å². The fourth-order valence-corrected chi connectivity index (χ4v) is 0.918. The highest BCUT2D eigenvalue weighted by atomic mass is 16.5. The summed E-state index contributed by atoms with van der Waals surface area (Å²) in [5.41, 5.74) is 0.0984. The van der Waals surface area contributed by atoms with Crippen molar-refractivity contribution in [3.8, 4) is 11.5 Å². The first-order valence-corrected chi connectivity index (χ1v) is 3.84. The van der Waals surface area contributed by atoms with E-state index in [1.165, 1.54) is 18.2 Å². The third-order valence-corrected chi connectivity index (χ3v) is 1.51. The molecule has 13 heavy (non-hydrogen) atoms. The van der Waals surface area contributed by atoms with Gasteiger partial charge < -0.3 is 14.9 Å². The summed E-state index contributed by atoms with van der Waals surface area (Å²) < 4.78 is 5.01. The molecule has 0 amide bonds. The van der Waals surface area contributed by atoms with E-state index < -0.39 is 5.97 Å². The van der Waals surface area contributed by atoms with Gasteiger partial charge in [0.15, 0.2) is 11.5 Å². The number of aromatic carboxylic acids is 1. The molecular formula is C9H10O4. The number of carboxylic acid groups (broad SMARTS) is 1. The van der Waals surface area contributed by atoms with E-state index in [4.69, 9.17) is 9.84 Å². The Hall–Kier alpha value is -1.71. The number of hydrogen-bond donors (Lipinski definition) is 2. The summed E-state index contributed by atoms with van der Waals surface area (Å²) in [5, 5.41) is 17.9. The monoisotopic (exact) mass is 182 g/mol. The van der Waals surface area contributed by atoms with Crippen LogP contribution >= 0.6 is 0 Å². The Morgan fingerprint density at radius 2 is 2.23 bits per heavy atom. The molecule has 0 spiro atoms. The van der Waals surface area contributed by atoms with Crippen LogP contribution in [0.25, 0.3) is 0 Å². The summed E-state index contributed by atoms with van der Waals surface area (Å²) in [4.78, 5) is 10.5. The van der Waals surface area contributed by atoms with Gasteiger partial charge in [0, 0.05) is 0 Å². The molecule has 0 aliphatic rings. The van der Waals surface area contributed by atoms with Crippen molar-refractivity contribution in [1.82, 2.24) is 0 Å². The zero-order valence-corrected chi connectivity index (χ0v) is 7.15. The van der Waals surface area contributed by atoms with E-state index in [9.17, 15) is 9.90 Å². The predicted octanol–water partition coefficient (Wildman–Crippen LogP) is 1.49. The molecular weight excluding hydrogens is 172 g/mol. The molecule has 0 fully saturated rings. The lowest BCUT2D eigenvalue weighted by Gasteiger charge is -2.05. The third-order valence-electron chi connectivity index (χ3n) is 1.51. The third kappa shape index (κ3) is 2.11. The number of benzene rings is 1. The van der Waals surface area contributed by atoms with Crippen LogP contribution in [-0.2, 0) is 0 Å². The Morgan fingerprint density at radius 1 is 1.54 bits per heavy atom. The van der Waals surface area contributed by atoms with Crippen molar-refractivity contribution in [2.75, 3.05) is 6.61 Å². The first-order chi connectivity index (χ1) is 6.15. The zero-order valence-electron chi connectivity index (χ0n) is 7.15. The molecule has 2 N–H and O–H groups in total. The van der Waals surface area contributed by atoms with Crippen molar-refractivity contribution in [3.05, 3.63) is 23.8 Å². The lowest BCUT2D eigenvalue weighted by molar-refractivity contribution is 0.0696. The average molecular weight is 182 g/mol. The van der Waals surface area contributed by atoms with Gasteiger partial charge in [0.2, 0.25) is 0 Å². The van der Waals surface area contributed by atoms with Crippen LogP contribution in [0, 0.1) is 0 Å². The SMILES string of the molecule is CCOc1cc(C(=O)O)ccc1O. The molecule has 0 aromatic heterocycles. The lowest BCUT2D eigenvalue weighted by atomic mass is 10.2. The Morgan fingerprint density at radius 3 is 2.77 bits per heavy atom. The topological polar surface area (TPSA) is 66.8 Å². The summed E-state index contributed by atoms with van der Waals surface area (Å²) in [6, 6.07) is 3.91. The number of ether oxygens (including phenoxy) is 1. The molecule has 0 aliphatic carbocycles. The molecule has 0 unspecified atom stereocenters. The minimum absolute atomic E-state index is 0.0492. The minimum atomic E-state index is -1.04. The lowest BCUT2D eigenvalue weighted by Crippen LogP contribution is -1.98. The van der Waals surface area contributed by atoms with E-state index in [-0.39, 0.29) is 17.1 Å². The van der Waals surface area contributed by atoms with E-state index in [0.29, 0.717) is 6.61 Å². The molecule has 1 aromatic carbocycles. The number of hydrogen-bond acceptors (Lipinski definition) is 3. The summed E-state index contributed by atoms with van der Waals surface area (Å²) in [6.07, 6.45) is 0. The van der Waals surface area contributed by atoms with Crippen molar-refractivity contribution in [2.45, 2.75) is 6.92 Å². The number of carboxylic acids is 1. The fourth-order valence-electron chi connectivity index (χ4n) is 0.918. The molecule has 0 saturated heterocycles. The Bertz CT molecular complexity index is 319. The smallest absolute Gasteiger partial charge is 0.335 e. The second-order valence-corrected chi connectivity index (χ2v) is 2.42. The van der Waals surface area contributed by atoms with Crippen molar-refractivity contribution in [3.63, 3.8) is 0 Å². The number of aromatic hydroxyl groups is 1. The van der Waals surface area contributed by atoms with Crippen molar-refractivity contribution in [2.24, 2.45) is 0 Å². The van der Waals surface area contributed by atoms with E-state index in [1.807, 2.05) is 0 Å². The quantitative estimate of drug-likeness (QED) is 0.743. The summed E-state index contributed by atoms with van der Waals surface area (Å²) in [7, 11) is 0. The molecule has 4 nitrogen and oxygen atoms in total. The van der Waals surface area contributed by atoms with Crippen LogP contribution in [0.3, 0.4) is 0 Å². The maximum absolute atomic E-state index is 10.5. The van der Waals surface area contributed by atoms with Crippen LogP contribution in [0.4, 0.5) is 0 Å². The normalized spacial score (nSPS) is 9.62. The maximum Gasteiger partial charge on any atom is 0.335 e. The molecule has 0 atom stereocenters. The number of carbonyl (C=O) groups is 1. The molecule has 4 heteroatoms. The molecule has 0 radical (unpaired) electrons. The number of phenolic OH excluding ortho intramolecular Hbond substituents is 1. The zero-order chi connectivity index (χ0) is 9.84. The molecule has 1 aromatic rings. The molecule has 1 rings (SSSR count). The van der Waals surface area contributed by atoms with Crippen LogP contribution in [0.15, 0.2) is 18.2 Å². The van der Waals surface area contributed by atoms with Crippen LogP contribution in [-0.4, -0.2) is 22.8 Å². The molecule has 0 heterocycles. The van der Waals surface area contributed by atoms with Gasteiger partial charge in [0.05, 0.1) is 12.2 Å². The molecule has 0 bridgehead atoms. The van der Waals surface area contributed by atoms with E-state index in [2.05, 4.69) is 0 Å². The second-order valence-electron chi connectivity index (χ2n) is 2.42. The van der Waals surface area contributed by atoms with Crippen LogP contribution in [0.1, 0.15) is 17.3 Å². The highest BCUT2D eigenvalue weighted by Gasteiger charge is 2.07. The van der Waals surface area contributed by atoms with Gasteiger partial charge in [-0.1, -0.05) is 0 Å². The van der Waals surface area contributed by atoms with Crippen molar-refractivity contribution in [1.29, 1.82) is 0 Å². The fraction of sp³-hybridized carbons (Fsp3) is 0.222. The van der Waals surface area contributed by atoms with Gasteiger partial charge in [0.25, 0.3) is 0 Å². The van der Waals surface area contributed by atoms with Crippen molar-refractivity contribution >= 4 is 5.97 Å². The standard InChI is InChI=1S/C9H10O4/c1-2-13-8-5-6(9(11)12)3-4-7(8)10/h3-5,10H,2H2,1H3,(H,11,12). The van der Waals surface area contributed by atoms with E-state index >= 15 is 0 Å². The minimum Gasteiger partial charge on any atom is -0.504 e. The Labute approximate surface area is 75.4 Å². The van der Waals surface area contributed by atoms with Gasteiger partial charge in [-0.25, -0.2) is 4.79 Å². The molecule has 0 aliphatic heterocycles. The van der Waals surface area contributed by atoms with Crippen LogP contribution < -0.4 is 4.74 Å². The van der Waals surface area contributed by atoms with Gasteiger partial charge >= 0.3 is 5.97 Å². The van der Waals surface area contributed by atoms with E-state index in [0.717, 1.165) is 0 Å². The van der Waals surface area contributed by atoms with Gasteiger partial charge in [0.1, 0.15) is 0 Å². The average Bonchev–Trinajstić information content (AvgIpc) is 2.08. The molecule has 70 valence electrons. The number of rotatable bonds is 3. The van der Waals surface area contributed by atoms with Gasteiger partial charge in [-0.05, 0) is 25.1 Å².